The van der Waals surface area contributed by atoms with Gasteiger partial charge in [0.2, 0.25) is 0 Å². The number of Topliss-reactive ketones (excluding diaryl/α,β-unsaturated/α-hetero) is 4. The van der Waals surface area contributed by atoms with E-state index in [1.54, 1.807) is 0 Å². The van der Waals surface area contributed by atoms with Crippen LogP contribution in [-0.2, 0) is 19.2 Å². The Morgan fingerprint density at radius 2 is 1.43 bits per heavy atom. The Morgan fingerprint density at radius 3 is 1.74 bits per heavy atom. The molecule has 1 aliphatic rings. The lowest BCUT2D eigenvalue weighted by Gasteiger charge is -2.55. The van der Waals surface area contributed by atoms with Crippen LogP contribution >= 0.6 is 11.8 Å². The molecule has 0 aromatic heterocycles. The summed E-state index contributed by atoms with van der Waals surface area (Å²) >= 11 is 0.440. The van der Waals surface area contributed by atoms with E-state index in [1.165, 1.54) is 0 Å². The van der Waals surface area contributed by atoms with E-state index in [9.17, 15) is 39.6 Å². The van der Waals surface area contributed by atoms with Gasteiger partial charge in [-0.05, 0) is 27.7 Å². The number of aliphatic hydroxyl groups excluding tert-OH is 1. The summed E-state index contributed by atoms with van der Waals surface area (Å²) in [6, 6.07) is 0. The summed E-state index contributed by atoms with van der Waals surface area (Å²) < 4.78 is 0. The zero-order valence-electron chi connectivity index (χ0n) is 13.1. The van der Waals surface area contributed by atoms with Gasteiger partial charge in [-0.3, -0.25) is 19.2 Å². The van der Waals surface area contributed by atoms with Gasteiger partial charge >= 0.3 is 0 Å². The third-order valence-electron chi connectivity index (χ3n) is 4.19. The van der Waals surface area contributed by atoms with Gasteiger partial charge in [0.25, 0.3) is 0 Å². The molecule has 5 atom stereocenters. The van der Waals surface area contributed by atoms with E-state index in [0.717, 1.165) is 33.4 Å². The smallest absolute Gasteiger partial charge is 0.196 e. The molecule has 129 valence electrons. The maximum atomic E-state index is 12.1. The van der Waals surface area contributed by atoms with Gasteiger partial charge in [-0.15, -0.1) is 11.8 Å². The molecule has 0 aromatic carbocycles. The third-order valence-corrected chi connectivity index (χ3v) is 5.56. The highest BCUT2D eigenvalue weighted by Crippen LogP contribution is 2.51. The Kier molecular flexibility index (Phi) is 5.25. The van der Waals surface area contributed by atoms with Crippen molar-refractivity contribution in [2.24, 2.45) is 0 Å². The van der Waals surface area contributed by atoms with Gasteiger partial charge in [0, 0.05) is 0 Å². The number of hydrogen-bond donors (Lipinski definition) is 4. The van der Waals surface area contributed by atoms with Crippen LogP contribution in [-0.4, -0.2) is 71.7 Å². The molecule has 4 N–H and O–H groups in total. The van der Waals surface area contributed by atoms with Crippen molar-refractivity contribution in [3.63, 3.8) is 0 Å². The molecule has 9 heteroatoms. The first-order valence-corrected chi connectivity index (χ1v) is 7.61. The largest absolute Gasteiger partial charge is 0.384 e. The second kappa shape index (κ2) is 6.06. The van der Waals surface area contributed by atoms with E-state index in [-0.39, 0.29) is 0 Å². The summed E-state index contributed by atoms with van der Waals surface area (Å²) in [6.07, 6.45) is -1.91. The van der Waals surface area contributed by atoms with Crippen molar-refractivity contribution in [1.82, 2.24) is 0 Å². The lowest BCUT2D eigenvalue weighted by Crippen LogP contribution is -2.82. The summed E-state index contributed by atoms with van der Waals surface area (Å²) in [5.74, 6) is -3.59. The van der Waals surface area contributed by atoms with E-state index in [1.807, 2.05) is 0 Å². The molecule has 0 bridgehead atoms. The van der Waals surface area contributed by atoms with E-state index in [4.69, 9.17) is 0 Å². The number of rotatable bonds is 5. The molecule has 23 heavy (non-hydrogen) atoms. The van der Waals surface area contributed by atoms with Crippen LogP contribution in [0.25, 0.3) is 0 Å². The summed E-state index contributed by atoms with van der Waals surface area (Å²) in [5.41, 5.74) is -9.16. The van der Waals surface area contributed by atoms with Crippen LogP contribution in [0.4, 0.5) is 0 Å². The minimum Gasteiger partial charge on any atom is -0.384 e. The van der Waals surface area contributed by atoms with Crippen LogP contribution in [0, 0.1) is 5.75 Å². The first kappa shape index (κ1) is 19.9. The number of carbonyl (C=O) groups is 4. The molecule has 0 saturated carbocycles. The highest BCUT2D eigenvalue weighted by molar-refractivity contribution is 8.02. The Hall–Kier alpha value is -1.13. The van der Waals surface area contributed by atoms with Gasteiger partial charge in [-0.25, -0.2) is 0 Å². The fraction of sp³-hybridized carbons (Fsp3) is 0.643. The van der Waals surface area contributed by atoms with Crippen LogP contribution in [0.1, 0.15) is 27.7 Å². The van der Waals surface area contributed by atoms with Crippen molar-refractivity contribution in [2.75, 3.05) is 0 Å². The van der Waals surface area contributed by atoms with Crippen LogP contribution in [0.2, 0.25) is 0 Å². The molecule has 1 saturated heterocycles. The summed E-state index contributed by atoms with van der Waals surface area (Å²) in [7, 11) is 0. The number of thioether (sulfide) groups is 1. The Bertz CT molecular complexity index is 575. The van der Waals surface area contributed by atoms with Crippen molar-refractivity contribution >= 4 is 34.9 Å². The van der Waals surface area contributed by atoms with Crippen molar-refractivity contribution in [2.45, 2.75) is 55.9 Å². The molecule has 8 nitrogen and oxygen atoms in total. The predicted molar refractivity (Wildman–Crippen MR) is 79.3 cm³/mol. The van der Waals surface area contributed by atoms with Crippen LogP contribution in [0.3, 0.4) is 0 Å². The maximum Gasteiger partial charge on any atom is 0.196 e. The highest BCUT2D eigenvalue weighted by atomic mass is 32.2. The number of aliphatic hydroxyl groups is 4. The quantitative estimate of drug-likeness (QED) is 0.450. The van der Waals surface area contributed by atoms with E-state index in [2.05, 4.69) is 0 Å². The van der Waals surface area contributed by atoms with Gasteiger partial charge in [-0.1, -0.05) is 0 Å². The number of ketones is 4. The van der Waals surface area contributed by atoms with Gasteiger partial charge in [-0.2, -0.15) is 0 Å². The van der Waals surface area contributed by atoms with Gasteiger partial charge < -0.3 is 20.4 Å². The fourth-order valence-electron chi connectivity index (χ4n) is 2.70. The summed E-state index contributed by atoms with van der Waals surface area (Å²) in [5, 5.41) is 40.4. The second-order valence-electron chi connectivity index (χ2n) is 5.64. The molecular formula is C14H19O8S. The average molecular weight is 347 g/mol. The number of carbonyl (C=O) groups excluding carboxylic acids is 4. The summed E-state index contributed by atoms with van der Waals surface area (Å²) in [4.78, 5) is 47.3. The molecule has 0 aliphatic carbocycles. The average Bonchev–Trinajstić information content (AvgIpc) is 2.43. The first-order chi connectivity index (χ1) is 10.3. The minimum atomic E-state index is -3.25. The van der Waals surface area contributed by atoms with Crippen LogP contribution in [0.15, 0.2) is 0 Å². The van der Waals surface area contributed by atoms with Gasteiger partial charge in [0.05, 0.1) is 11.0 Å². The highest BCUT2D eigenvalue weighted by Gasteiger charge is 2.75. The van der Waals surface area contributed by atoms with Crippen LogP contribution in [0.5, 0.6) is 0 Å². The fourth-order valence-corrected chi connectivity index (χ4v) is 4.25. The summed E-state index contributed by atoms with van der Waals surface area (Å²) in [6.45, 7) is 3.46. The van der Waals surface area contributed by atoms with Crippen LogP contribution < -0.4 is 0 Å². The topological polar surface area (TPSA) is 149 Å². The molecule has 0 spiro atoms. The Labute approximate surface area is 136 Å². The molecule has 1 radical (unpaired) electrons. The molecule has 1 unspecified atom stereocenters. The molecule has 1 fully saturated rings. The minimum absolute atomic E-state index is 0.440. The van der Waals surface area contributed by atoms with Gasteiger partial charge in [0.1, 0.15) is 6.10 Å². The lowest BCUT2D eigenvalue weighted by atomic mass is 9.63. The van der Waals surface area contributed by atoms with E-state index >= 15 is 0 Å². The monoisotopic (exact) mass is 347 g/mol. The Morgan fingerprint density at radius 1 is 0.957 bits per heavy atom. The molecule has 1 heterocycles. The number of hydrogen-bond acceptors (Lipinski definition) is 9. The second-order valence-corrected chi connectivity index (χ2v) is 6.66. The normalized spacial score (nSPS) is 38.7. The van der Waals surface area contributed by atoms with Crippen molar-refractivity contribution in [3.8, 4) is 0 Å². The van der Waals surface area contributed by atoms with Crippen molar-refractivity contribution < 1.29 is 39.6 Å². The van der Waals surface area contributed by atoms with E-state index < -0.39 is 51.3 Å². The molecule has 1 aliphatic heterocycles. The lowest BCUT2D eigenvalue weighted by molar-refractivity contribution is -0.225. The molecule has 0 aromatic rings. The maximum absolute atomic E-state index is 12.1. The van der Waals surface area contributed by atoms with Crippen molar-refractivity contribution in [1.29, 1.82) is 0 Å². The SMILES string of the molecule is CC(=O)C(O)[C@@H]1S[CH][C@@](O)(C(C)=O)[C@](O)(C(C)=O)[C@@]1(O)C(C)=O. The van der Waals surface area contributed by atoms with Crippen molar-refractivity contribution in [3.05, 3.63) is 5.75 Å². The zero-order valence-corrected chi connectivity index (χ0v) is 13.9. The third kappa shape index (κ3) is 2.47. The molecule has 1 rings (SSSR count). The van der Waals surface area contributed by atoms with E-state index in [0.29, 0.717) is 11.8 Å². The molecule has 0 amide bonds. The Balaban J connectivity index is 3.74. The predicted octanol–water partition coefficient (Wildman–Crippen LogP) is -1.83. The van der Waals surface area contributed by atoms with Gasteiger partial charge in [0.15, 0.2) is 39.9 Å². The first-order valence-electron chi connectivity index (χ1n) is 6.67. The molecular weight excluding hydrogens is 328 g/mol. The standard InChI is InChI=1S/C14H19O8S/c1-6(15)10(19)11-13(21,8(3)17)14(22,9(4)18)12(20,5-23-11)7(2)16/h5,10-11,19-22H,1-4H3/t10?,11-,12+,13+,14+/m0/s1. The zero-order chi connectivity index (χ0) is 18.4.